The Hall–Kier alpha value is -9.45. The number of benzene rings is 9. The van der Waals surface area contributed by atoms with Crippen molar-refractivity contribution in [3.8, 4) is 50.6 Å². The predicted octanol–water partition coefficient (Wildman–Crippen LogP) is 14.2. The van der Waals surface area contributed by atoms with Crippen molar-refractivity contribution in [2.75, 3.05) is 94.5 Å². The van der Waals surface area contributed by atoms with Crippen molar-refractivity contribution in [1.82, 2.24) is 74.4 Å². The molecule has 3 saturated heterocycles. The third-order valence-corrected chi connectivity index (χ3v) is 25.3. The average Bonchev–Trinajstić information content (AvgIpc) is 0.827. The maximum absolute atomic E-state index is 12.6. The van der Waals surface area contributed by atoms with Crippen LogP contribution in [0.3, 0.4) is 0 Å². The lowest BCUT2D eigenvalue weighted by Gasteiger charge is -2.15. The maximum Gasteiger partial charge on any atom is 0.247 e. The van der Waals surface area contributed by atoms with E-state index in [9.17, 15) is 40.6 Å². The first-order chi connectivity index (χ1) is 53.8. The zero-order valence-corrected chi connectivity index (χ0v) is 67.4. The van der Waals surface area contributed by atoms with Crippen LogP contribution in [0, 0.1) is 20.8 Å². The molecule has 3 aromatic heterocycles. The summed E-state index contributed by atoms with van der Waals surface area (Å²) in [5.74, 6) is 1.10. The SMILES string of the molecule is Cc1cc(-c2c(Cl)ccc(O)c2Cl)cc2nnc(Nc3ccc(S(=O)(=O)NCCN4CCCC4)cc3)nc12.Cc1cc(-c2cc(O)ccc2Br)cc2nnc(Nc3ccc(S(=O)(=O)NCCN4CCCC4)cc3)nc12.Cc1cc(-c2cc(O)ccc2Cl)cc2nnc(Nc3ccc(S(=O)(=O)NCCN4CCCC4)cc3)nc12. The summed E-state index contributed by atoms with van der Waals surface area (Å²) in [7, 11) is -10.8. The van der Waals surface area contributed by atoms with Gasteiger partial charge >= 0.3 is 0 Å². The number of likely N-dealkylation sites (tertiary alicyclic amines) is 3. The lowest BCUT2D eigenvalue weighted by atomic mass is 10.0. The van der Waals surface area contributed by atoms with Crippen LogP contribution in [0.4, 0.5) is 34.9 Å². The minimum absolute atomic E-state index is 0.0655. The molecule has 582 valence electrons. The summed E-state index contributed by atoms with van der Waals surface area (Å²) < 4.78 is 84.6. The maximum atomic E-state index is 12.6. The lowest BCUT2D eigenvalue weighted by molar-refractivity contribution is 0.344. The first-order valence-corrected chi connectivity index (χ1v) is 42.5. The monoisotopic (exact) mass is 1690 g/mol. The quantitative estimate of drug-likeness (QED) is 0.0271. The van der Waals surface area contributed by atoms with Gasteiger partial charge in [0, 0.05) is 77.0 Å². The van der Waals surface area contributed by atoms with Crippen LogP contribution in [-0.4, -0.2) is 179 Å². The van der Waals surface area contributed by atoms with E-state index in [0.717, 1.165) is 83.7 Å². The van der Waals surface area contributed by atoms with Crippen LogP contribution in [0.2, 0.25) is 15.1 Å². The van der Waals surface area contributed by atoms with Crippen molar-refractivity contribution in [3.05, 3.63) is 194 Å². The number of aromatic nitrogens is 9. The highest BCUT2D eigenvalue weighted by Gasteiger charge is 2.23. The Morgan fingerprint density at radius 2 is 0.723 bits per heavy atom. The highest BCUT2D eigenvalue weighted by atomic mass is 79.9. The van der Waals surface area contributed by atoms with E-state index in [1.54, 1.807) is 103 Å². The molecule has 3 fully saturated rings. The van der Waals surface area contributed by atoms with E-state index < -0.39 is 30.1 Å². The fourth-order valence-corrected chi connectivity index (χ4v) is 17.7. The fourth-order valence-electron chi connectivity index (χ4n) is 13.3. The van der Waals surface area contributed by atoms with Crippen LogP contribution in [-0.2, 0) is 30.1 Å². The second-order valence-electron chi connectivity index (χ2n) is 27.3. The van der Waals surface area contributed by atoms with E-state index in [1.165, 1.54) is 62.8 Å². The van der Waals surface area contributed by atoms with Crippen molar-refractivity contribution >= 4 is 149 Å². The van der Waals surface area contributed by atoms with E-state index in [2.05, 4.69) is 106 Å². The summed E-state index contributed by atoms with van der Waals surface area (Å²) in [5, 5.41) is 65.6. The number of halogens is 4. The van der Waals surface area contributed by atoms with Crippen LogP contribution < -0.4 is 30.1 Å². The number of aryl methyl sites for hydroxylation is 3. The molecule has 3 aliphatic rings. The fraction of sp³-hybridized carbons (Fsp3) is 0.269. The van der Waals surface area contributed by atoms with Gasteiger partial charge in [-0.15, -0.1) is 30.6 Å². The number of nitrogens with zero attached hydrogens (tertiary/aromatic N) is 12. The summed E-state index contributed by atoms with van der Waals surface area (Å²) >= 11 is 22.5. The summed E-state index contributed by atoms with van der Waals surface area (Å²) in [6, 6.07) is 43.4. The van der Waals surface area contributed by atoms with Crippen molar-refractivity contribution in [1.29, 1.82) is 0 Å². The Labute approximate surface area is 671 Å². The molecular weight excluding hydrogens is 1620 g/mol. The average molecular weight is 1700 g/mol. The molecule has 0 amide bonds. The molecule has 0 radical (unpaired) electrons. The molecule has 9 aromatic carbocycles. The molecule has 0 saturated carbocycles. The number of fused-ring (bicyclic) bond motifs is 3. The molecule has 3 aliphatic heterocycles. The molecule has 27 nitrogen and oxygen atoms in total. The lowest BCUT2D eigenvalue weighted by Crippen LogP contribution is -2.33. The van der Waals surface area contributed by atoms with Crippen LogP contribution in [0.1, 0.15) is 55.2 Å². The number of hydrogen-bond donors (Lipinski definition) is 9. The van der Waals surface area contributed by atoms with E-state index in [4.69, 9.17) is 34.8 Å². The Morgan fingerprint density at radius 1 is 0.393 bits per heavy atom. The van der Waals surface area contributed by atoms with Crippen LogP contribution in [0.15, 0.2) is 177 Å². The molecule has 0 atom stereocenters. The number of rotatable bonds is 24. The molecule has 12 aromatic rings. The third kappa shape index (κ3) is 20.1. The van der Waals surface area contributed by atoms with Gasteiger partial charge in [0.2, 0.25) is 47.9 Å². The summed E-state index contributed by atoms with van der Waals surface area (Å²) in [6.07, 6.45) is 7.03. The molecule has 0 aliphatic carbocycles. The topological polar surface area (TPSA) is 361 Å². The van der Waals surface area contributed by atoms with Crippen molar-refractivity contribution < 1.29 is 40.6 Å². The highest BCUT2D eigenvalue weighted by molar-refractivity contribution is 9.10. The first-order valence-electron chi connectivity index (χ1n) is 36.2. The number of anilines is 6. The Balaban J connectivity index is 0.000000147. The van der Waals surface area contributed by atoms with Gasteiger partial charge in [-0.2, -0.15) is 0 Å². The van der Waals surface area contributed by atoms with Crippen LogP contribution in [0.5, 0.6) is 17.2 Å². The second kappa shape index (κ2) is 35.7. The van der Waals surface area contributed by atoms with Gasteiger partial charge in [-0.05, 0) is 295 Å². The van der Waals surface area contributed by atoms with E-state index in [1.807, 2.05) is 51.1 Å². The van der Waals surface area contributed by atoms with Gasteiger partial charge in [-0.1, -0.05) is 50.7 Å². The van der Waals surface area contributed by atoms with E-state index >= 15 is 0 Å². The molecule has 0 bridgehead atoms. The van der Waals surface area contributed by atoms with E-state index in [-0.39, 0.29) is 48.9 Å². The normalized spacial score (nSPS) is 14.3. The third-order valence-electron chi connectivity index (χ3n) is 19.2. The van der Waals surface area contributed by atoms with Crippen molar-refractivity contribution in [2.24, 2.45) is 0 Å². The van der Waals surface area contributed by atoms with Crippen LogP contribution in [0.25, 0.3) is 66.5 Å². The highest BCUT2D eigenvalue weighted by Crippen LogP contribution is 2.42. The van der Waals surface area contributed by atoms with Crippen molar-refractivity contribution in [3.63, 3.8) is 0 Å². The Morgan fingerprint density at radius 3 is 1.11 bits per heavy atom. The number of aromatic hydroxyl groups is 3. The number of sulfonamides is 3. The molecule has 34 heteroatoms. The number of hydrogen-bond acceptors (Lipinski definition) is 24. The van der Waals surface area contributed by atoms with Crippen LogP contribution >= 0.6 is 50.7 Å². The van der Waals surface area contributed by atoms with Gasteiger partial charge in [0.25, 0.3) is 0 Å². The molecule has 0 unspecified atom stereocenters. The molecular formula is C78H80BrCl3N18O9S3. The summed E-state index contributed by atoms with van der Waals surface area (Å²) in [6.45, 7) is 15.2. The van der Waals surface area contributed by atoms with Gasteiger partial charge in [-0.25, -0.2) is 54.4 Å². The number of phenols is 3. The van der Waals surface area contributed by atoms with Gasteiger partial charge < -0.3 is 46.0 Å². The summed E-state index contributed by atoms with van der Waals surface area (Å²) in [4.78, 5) is 21.2. The zero-order valence-electron chi connectivity index (χ0n) is 61.1. The van der Waals surface area contributed by atoms with Gasteiger partial charge in [0.15, 0.2) is 0 Å². The smallest absolute Gasteiger partial charge is 0.247 e. The minimum Gasteiger partial charge on any atom is -0.508 e. The van der Waals surface area contributed by atoms with E-state index in [0.29, 0.717) is 116 Å². The van der Waals surface area contributed by atoms with Gasteiger partial charge in [0.1, 0.15) is 33.8 Å². The largest absolute Gasteiger partial charge is 0.508 e. The molecule has 6 heterocycles. The van der Waals surface area contributed by atoms with Crippen molar-refractivity contribution in [2.45, 2.75) is 74.0 Å². The minimum atomic E-state index is -3.59. The molecule has 15 rings (SSSR count). The molecule has 9 N–H and O–H groups in total. The zero-order chi connectivity index (χ0) is 78.8. The number of nitrogens with one attached hydrogen (secondary N) is 6. The predicted molar refractivity (Wildman–Crippen MR) is 442 cm³/mol. The Bertz CT molecular complexity index is 5570. The standard InChI is InChI=1S/C26H27BrN6O3S.C26H26Cl2N6O3S.C26H27ClN6O3S/c1-17-14-18(22-16-20(34)6-9-23(22)27)15-24-25(17)30-26(32-31-24)29-19-4-7-21(8-5-19)37(35,36)28-10-13-33-11-2-3-12-33;1-16-14-17(23-20(27)8-9-22(35)24(23)28)15-21-25(16)31-26(33-32-21)30-18-4-6-19(7-5-18)38(36,37)29-10-13-34-11-2-3-12-34;1-17-14-18(22-16-20(34)6-9-23(22)27)15-24-25(17)30-26(32-31-24)29-19-4-7-21(8-5-19)37(35,36)28-10-13-33-11-2-3-12-33/h4-9,14-16,28,34H,2-3,10-13H2,1H3,(H,29,30,32);4-9,14-15,29,35H,2-3,10-13H2,1H3,(H,30,31,33);4-9,14-16,28,34H,2-3,10-13H2,1H3,(H,29,30,32). The summed E-state index contributed by atoms with van der Waals surface area (Å²) in [5.41, 5.74) is 12.6. The van der Waals surface area contributed by atoms with Gasteiger partial charge in [-0.3, -0.25) is 0 Å². The Kier molecular flexibility index (Phi) is 25.7. The van der Waals surface area contributed by atoms with Gasteiger partial charge in [0.05, 0.1) is 41.3 Å². The molecule has 0 spiro atoms. The molecule has 112 heavy (non-hydrogen) atoms. The second-order valence-corrected chi connectivity index (χ2v) is 34.6. The number of phenolic OH excluding ortho intramolecular Hbond substituents is 3. The first kappa shape index (κ1) is 80.6.